The Labute approximate surface area is 505 Å². The normalized spacial score (nSPS) is 14.3. The van der Waals surface area contributed by atoms with Crippen LogP contribution in [0.5, 0.6) is 0 Å². The van der Waals surface area contributed by atoms with Crippen molar-refractivity contribution in [2.75, 3.05) is 39.6 Å². The fourth-order valence-corrected chi connectivity index (χ4v) is 11.1. The molecule has 0 saturated heterocycles. The highest BCUT2D eigenvalue weighted by Crippen LogP contribution is 2.45. The standard InChI is InChI=1S/C64H124O17P2/c1-7-9-11-13-15-17-19-20-21-22-24-28-37-43-49-64(69)80-59(52-74-61(66)46-40-34-29-25-26-32-38-44-56(3)4)54-78-82(70,71)76-50-58(65)51-77-83(72,73)79-55-60(53-75-62(67)47-41-35-31-30-33-39-45-57(5)6)81-63(68)48-42-36-27-23-18-16-14-12-10-8-2/h56-60,65H,7-55H2,1-6H3,(H,70,71)(H,72,73)/t58-,59-,60-/m1/s1. The predicted octanol–water partition coefficient (Wildman–Crippen LogP) is 17.7. The van der Waals surface area contributed by atoms with E-state index in [9.17, 15) is 43.2 Å². The number of phosphoric ester groups is 2. The van der Waals surface area contributed by atoms with Gasteiger partial charge in [0, 0.05) is 25.7 Å². The van der Waals surface area contributed by atoms with Crippen molar-refractivity contribution < 1.29 is 80.2 Å². The summed E-state index contributed by atoms with van der Waals surface area (Å²) in [6.45, 7) is 9.35. The molecule has 0 radical (unpaired) electrons. The van der Waals surface area contributed by atoms with Crippen molar-refractivity contribution in [1.29, 1.82) is 0 Å². The molecule has 0 fully saturated rings. The van der Waals surface area contributed by atoms with Crippen LogP contribution in [0.4, 0.5) is 0 Å². The maximum absolute atomic E-state index is 13.0. The van der Waals surface area contributed by atoms with E-state index >= 15 is 0 Å². The van der Waals surface area contributed by atoms with Crippen molar-refractivity contribution in [2.45, 2.75) is 336 Å². The third-order valence-corrected chi connectivity index (χ3v) is 16.6. The molecule has 0 aliphatic rings. The zero-order valence-electron chi connectivity index (χ0n) is 53.5. The van der Waals surface area contributed by atoms with Crippen LogP contribution in [0.3, 0.4) is 0 Å². The molecule has 19 heteroatoms. The minimum atomic E-state index is -4.94. The lowest BCUT2D eigenvalue weighted by Crippen LogP contribution is -2.30. The van der Waals surface area contributed by atoms with Gasteiger partial charge in [-0.3, -0.25) is 37.3 Å². The van der Waals surface area contributed by atoms with E-state index in [4.69, 9.17) is 37.0 Å². The first-order valence-corrected chi connectivity index (χ1v) is 36.5. The van der Waals surface area contributed by atoms with Gasteiger partial charge in [-0.2, -0.15) is 0 Å². The highest BCUT2D eigenvalue weighted by molar-refractivity contribution is 7.47. The first kappa shape index (κ1) is 81.1. The second-order valence-corrected chi connectivity index (χ2v) is 27.0. The summed E-state index contributed by atoms with van der Waals surface area (Å²) < 4.78 is 67.9. The van der Waals surface area contributed by atoms with E-state index in [0.29, 0.717) is 37.5 Å². The largest absolute Gasteiger partial charge is 0.472 e. The van der Waals surface area contributed by atoms with Crippen molar-refractivity contribution in [3.8, 4) is 0 Å². The zero-order chi connectivity index (χ0) is 61.5. The molecule has 0 bridgehead atoms. The summed E-state index contributed by atoms with van der Waals surface area (Å²) >= 11 is 0. The van der Waals surface area contributed by atoms with E-state index in [0.717, 1.165) is 103 Å². The highest BCUT2D eigenvalue weighted by atomic mass is 31.2. The van der Waals surface area contributed by atoms with Crippen molar-refractivity contribution in [3.63, 3.8) is 0 Å². The second kappa shape index (κ2) is 56.6. The summed E-state index contributed by atoms with van der Waals surface area (Å²) in [5.74, 6) is -0.750. The summed E-state index contributed by atoms with van der Waals surface area (Å²) in [7, 11) is -9.88. The summed E-state index contributed by atoms with van der Waals surface area (Å²) in [6.07, 6.45) is 39.1. The number of ether oxygens (including phenoxy) is 4. The Bertz CT molecular complexity index is 1630. The summed E-state index contributed by atoms with van der Waals surface area (Å²) in [5, 5.41) is 10.5. The molecule has 5 atom stereocenters. The van der Waals surface area contributed by atoms with E-state index in [2.05, 4.69) is 41.5 Å². The number of hydrogen-bond acceptors (Lipinski definition) is 15. The topological polar surface area (TPSA) is 237 Å². The predicted molar refractivity (Wildman–Crippen MR) is 331 cm³/mol. The lowest BCUT2D eigenvalue weighted by Gasteiger charge is -2.21. The van der Waals surface area contributed by atoms with Crippen LogP contribution in [0.1, 0.15) is 318 Å². The molecular formula is C64H124O17P2. The Morgan fingerprint density at radius 3 is 0.819 bits per heavy atom. The molecule has 0 saturated carbocycles. The third kappa shape index (κ3) is 58.8. The second-order valence-electron chi connectivity index (χ2n) is 24.1. The minimum Gasteiger partial charge on any atom is -0.462 e. The van der Waals surface area contributed by atoms with Crippen LogP contribution in [-0.4, -0.2) is 96.7 Å². The van der Waals surface area contributed by atoms with Gasteiger partial charge in [0.25, 0.3) is 0 Å². The number of rotatable bonds is 63. The average Bonchev–Trinajstić information content (AvgIpc) is 3.45. The first-order valence-electron chi connectivity index (χ1n) is 33.5. The minimum absolute atomic E-state index is 0.105. The quantitative estimate of drug-likeness (QED) is 0.0222. The molecular weight excluding hydrogens is 1100 g/mol. The van der Waals surface area contributed by atoms with Gasteiger partial charge in [-0.05, 0) is 37.5 Å². The Morgan fingerprint density at radius 2 is 0.554 bits per heavy atom. The molecule has 492 valence electrons. The zero-order valence-corrected chi connectivity index (χ0v) is 55.3. The molecule has 0 heterocycles. The lowest BCUT2D eigenvalue weighted by atomic mass is 10.0. The number of esters is 4. The average molecular weight is 1230 g/mol. The van der Waals surface area contributed by atoms with E-state index in [1.165, 1.54) is 122 Å². The van der Waals surface area contributed by atoms with E-state index < -0.39 is 97.5 Å². The van der Waals surface area contributed by atoms with Crippen LogP contribution in [0.2, 0.25) is 0 Å². The van der Waals surface area contributed by atoms with E-state index in [-0.39, 0.29) is 25.7 Å². The van der Waals surface area contributed by atoms with Crippen molar-refractivity contribution in [1.82, 2.24) is 0 Å². The molecule has 0 aromatic rings. The van der Waals surface area contributed by atoms with E-state index in [1.807, 2.05) is 0 Å². The molecule has 0 aliphatic carbocycles. The molecule has 0 rings (SSSR count). The fraction of sp³-hybridized carbons (Fsp3) is 0.938. The number of hydrogen-bond donors (Lipinski definition) is 3. The lowest BCUT2D eigenvalue weighted by molar-refractivity contribution is -0.161. The molecule has 17 nitrogen and oxygen atoms in total. The number of phosphoric acid groups is 2. The number of carbonyl (C=O) groups excluding carboxylic acids is 4. The van der Waals surface area contributed by atoms with Gasteiger partial charge in [-0.25, -0.2) is 9.13 Å². The summed E-state index contributed by atoms with van der Waals surface area (Å²) in [6, 6.07) is 0. The molecule has 3 N–H and O–H groups in total. The number of aliphatic hydroxyl groups excluding tert-OH is 1. The Hall–Kier alpha value is -1.94. The van der Waals surface area contributed by atoms with E-state index in [1.54, 1.807) is 0 Å². The molecule has 2 unspecified atom stereocenters. The Balaban J connectivity index is 5.23. The molecule has 0 aromatic carbocycles. The number of carbonyl (C=O) groups is 4. The Kier molecular flexibility index (Phi) is 55.2. The summed E-state index contributed by atoms with van der Waals surface area (Å²) in [5.41, 5.74) is 0. The van der Waals surface area contributed by atoms with Crippen LogP contribution in [0, 0.1) is 11.8 Å². The number of unbranched alkanes of at least 4 members (excludes halogenated alkanes) is 33. The molecule has 0 amide bonds. The first-order chi connectivity index (χ1) is 39.9. The fourth-order valence-electron chi connectivity index (χ4n) is 9.53. The number of aliphatic hydroxyl groups is 1. The van der Waals surface area contributed by atoms with Gasteiger partial charge in [0.1, 0.15) is 19.3 Å². The monoisotopic (exact) mass is 1230 g/mol. The SMILES string of the molecule is CCCCCCCCCCCCCCCCC(=O)O[C@H](COC(=O)CCCCCCCCCC(C)C)COP(=O)(O)OC[C@@H](O)COP(=O)(O)OC[C@@H](COC(=O)CCCCCCCCC(C)C)OC(=O)CCCCCCCCCCCC. The maximum atomic E-state index is 13.0. The highest BCUT2D eigenvalue weighted by Gasteiger charge is 2.30. The van der Waals surface area contributed by atoms with Gasteiger partial charge < -0.3 is 33.8 Å². The van der Waals surface area contributed by atoms with Crippen molar-refractivity contribution in [2.24, 2.45) is 11.8 Å². The van der Waals surface area contributed by atoms with Crippen LogP contribution < -0.4 is 0 Å². The van der Waals surface area contributed by atoms with Crippen molar-refractivity contribution >= 4 is 39.5 Å². The van der Waals surface area contributed by atoms with Crippen LogP contribution in [0.15, 0.2) is 0 Å². The summed E-state index contributed by atoms with van der Waals surface area (Å²) in [4.78, 5) is 72.2. The molecule has 83 heavy (non-hydrogen) atoms. The van der Waals surface area contributed by atoms with Gasteiger partial charge in [0.2, 0.25) is 0 Å². The van der Waals surface area contributed by atoms with Crippen LogP contribution in [0.25, 0.3) is 0 Å². The van der Waals surface area contributed by atoms with Crippen molar-refractivity contribution in [3.05, 3.63) is 0 Å². The molecule has 0 spiro atoms. The van der Waals surface area contributed by atoms with Crippen LogP contribution >= 0.6 is 15.6 Å². The Morgan fingerprint density at radius 1 is 0.325 bits per heavy atom. The van der Waals surface area contributed by atoms with Gasteiger partial charge >= 0.3 is 39.5 Å². The van der Waals surface area contributed by atoms with Gasteiger partial charge in [0.05, 0.1) is 26.4 Å². The van der Waals surface area contributed by atoms with Gasteiger partial charge in [0.15, 0.2) is 12.2 Å². The van der Waals surface area contributed by atoms with Crippen LogP contribution in [-0.2, 0) is 65.4 Å². The molecule has 0 aliphatic heterocycles. The van der Waals surface area contributed by atoms with Gasteiger partial charge in [-0.1, -0.05) is 266 Å². The molecule has 0 aromatic heterocycles. The maximum Gasteiger partial charge on any atom is 0.472 e. The van der Waals surface area contributed by atoms with Gasteiger partial charge in [-0.15, -0.1) is 0 Å². The smallest absolute Gasteiger partial charge is 0.462 e. The third-order valence-electron chi connectivity index (χ3n) is 14.7.